The maximum atomic E-state index is 12.6. The van der Waals surface area contributed by atoms with Crippen LogP contribution in [0.1, 0.15) is 21.7 Å². The van der Waals surface area contributed by atoms with Gasteiger partial charge in [0.1, 0.15) is 5.69 Å². The van der Waals surface area contributed by atoms with E-state index < -0.39 is 6.73 Å². The molecule has 1 aromatic carbocycles. The molecule has 5 heteroatoms. The zero-order valence-corrected chi connectivity index (χ0v) is 12.1. The third-order valence-electron chi connectivity index (χ3n) is 3.37. The van der Waals surface area contributed by atoms with E-state index in [1.54, 1.807) is 36.5 Å². The molecule has 0 aliphatic heterocycles. The number of aromatic nitrogens is 2. The number of hydrogen-bond acceptors (Lipinski definition) is 2. The molecule has 0 saturated carbocycles. The van der Waals surface area contributed by atoms with Gasteiger partial charge in [-0.1, -0.05) is 11.6 Å². The average Bonchev–Trinajstić information content (AvgIpc) is 2.83. The Morgan fingerprint density at radius 3 is 2.76 bits per heavy atom. The molecule has 2 aromatic heterocycles. The molecule has 0 unspecified atom stereocenters. The van der Waals surface area contributed by atoms with Crippen LogP contribution in [0.2, 0.25) is 5.02 Å². The highest BCUT2D eigenvalue weighted by molar-refractivity contribution is 6.31. The van der Waals surface area contributed by atoms with E-state index in [1.165, 1.54) is 4.57 Å². The third kappa shape index (κ3) is 2.44. The highest BCUT2D eigenvalue weighted by Crippen LogP contribution is 2.24. The first-order chi connectivity index (χ1) is 10.1. The summed E-state index contributed by atoms with van der Waals surface area (Å²) >= 11 is 5.96. The van der Waals surface area contributed by atoms with Crippen LogP contribution in [0.15, 0.2) is 42.6 Å². The van der Waals surface area contributed by atoms with Crippen LogP contribution in [0.4, 0.5) is 0 Å². The molecule has 2 heterocycles. The van der Waals surface area contributed by atoms with E-state index in [2.05, 4.69) is 4.98 Å². The van der Waals surface area contributed by atoms with Crippen molar-refractivity contribution in [3.05, 3.63) is 64.6 Å². The smallest absolute Gasteiger partial charge is 0.227 e. The Labute approximate surface area is 126 Å². The van der Waals surface area contributed by atoms with E-state index in [-0.39, 0.29) is 5.78 Å². The van der Waals surface area contributed by atoms with Crippen molar-refractivity contribution in [2.45, 2.75) is 13.7 Å². The summed E-state index contributed by atoms with van der Waals surface area (Å²) in [4.78, 5) is 16.7. The number of halogens is 1. The van der Waals surface area contributed by atoms with Crippen LogP contribution >= 0.6 is 11.6 Å². The van der Waals surface area contributed by atoms with Gasteiger partial charge in [-0.25, -0.2) is 5.11 Å². The van der Waals surface area contributed by atoms with Gasteiger partial charge in [0.25, 0.3) is 0 Å². The second-order valence-electron chi connectivity index (χ2n) is 4.84. The van der Waals surface area contributed by atoms with Crippen LogP contribution in [0, 0.1) is 6.92 Å². The number of nitrogens with zero attached hydrogens (tertiary/aromatic N) is 2. The first-order valence-electron chi connectivity index (χ1n) is 6.44. The molecule has 0 atom stereocenters. The van der Waals surface area contributed by atoms with Gasteiger partial charge < -0.3 is 4.57 Å². The molecule has 0 amide bonds. The van der Waals surface area contributed by atoms with Crippen molar-refractivity contribution >= 4 is 28.3 Å². The fourth-order valence-electron chi connectivity index (χ4n) is 2.36. The van der Waals surface area contributed by atoms with Crippen LogP contribution in [-0.2, 0) is 11.8 Å². The summed E-state index contributed by atoms with van der Waals surface area (Å²) < 4.78 is 1.44. The predicted molar refractivity (Wildman–Crippen MR) is 80.0 cm³/mol. The minimum Gasteiger partial charge on any atom is -0.311 e. The maximum absolute atomic E-state index is 12.6. The zero-order chi connectivity index (χ0) is 15.0. The van der Waals surface area contributed by atoms with Crippen LogP contribution in [0.25, 0.3) is 10.9 Å². The second kappa shape index (κ2) is 5.31. The summed E-state index contributed by atoms with van der Waals surface area (Å²) in [5, 5.41) is 12.8. The van der Waals surface area contributed by atoms with Crippen molar-refractivity contribution in [1.29, 1.82) is 0 Å². The summed E-state index contributed by atoms with van der Waals surface area (Å²) in [5.74, 6) is -0.262. The molecule has 1 radical (unpaired) electrons. The molecule has 3 rings (SSSR count). The number of ketones is 1. The maximum Gasteiger partial charge on any atom is 0.227 e. The molecule has 0 spiro atoms. The molecule has 0 aliphatic rings. The number of pyridine rings is 1. The number of benzene rings is 1. The van der Waals surface area contributed by atoms with Gasteiger partial charge in [0.2, 0.25) is 5.78 Å². The quantitative estimate of drug-likeness (QED) is 0.694. The van der Waals surface area contributed by atoms with Crippen molar-refractivity contribution in [1.82, 2.24) is 9.55 Å². The lowest BCUT2D eigenvalue weighted by molar-refractivity contribution is 0.0970. The average molecular weight is 300 g/mol. The first kappa shape index (κ1) is 13.8. The number of carbonyl (C=O) groups excluding carboxylic acids is 1. The van der Waals surface area contributed by atoms with Gasteiger partial charge in [0, 0.05) is 16.6 Å². The summed E-state index contributed by atoms with van der Waals surface area (Å²) in [5.41, 5.74) is 2.31. The van der Waals surface area contributed by atoms with Gasteiger partial charge in [0.05, 0.1) is 11.2 Å². The molecular weight excluding hydrogens is 288 g/mol. The minimum absolute atomic E-state index is 0.262. The van der Waals surface area contributed by atoms with Crippen LogP contribution in [-0.4, -0.2) is 15.3 Å². The Kier molecular flexibility index (Phi) is 3.49. The lowest BCUT2D eigenvalue weighted by atomic mass is 10.1. The molecule has 3 aromatic rings. The normalized spacial score (nSPS) is 11.0. The molecule has 105 valence electrons. The van der Waals surface area contributed by atoms with Gasteiger partial charge in [0.15, 0.2) is 6.73 Å². The fourth-order valence-corrected chi connectivity index (χ4v) is 2.54. The monoisotopic (exact) mass is 299 g/mol. The molecule has 0 N–H and O–H groups in total. The van der Waals surface area contributed by atoms with Crippen molar-refractivity contribution in [2.75, 3.05) is 0 Å². The molecule has 0 bridgehead atoms. The van der Waals surface area contributed by atoms with Crippen molar-refractivity contribution in [2.24, 2.45) is 0 Å². The molecule has 0 saturated heterocycles. The SMILES string of the molecule is Cc1ccnc(C(=O)c2cc3cc(Cl)ccc3n2C[O])c1. The van der Waals surface area contributed by atoms with Crippen molar-refractivity contribution in [3.8, 4) is 0 Å². The van der Waals surface area contributed by atoms with E-state index in [4.69, 9.17) is 11.6 Å². The minimum atomic E-state index is -0.530. The van der Waals surface area contributed by atoms with Gasteiger partial charge in [-0.05, 0) is 48.9 Å². The Morgan fingerprint density at radius 1 is 1.24 bits per heavy atom. The first-order valence-corrected chi connectivity index (χ1v) is 6.82. The summed E-state index contributed by atoms with van der Waals surface area (Å²) in [6.45, 7) is 1.36. The number of rotatable bonds is 3. The highest BCUT2D eigenvalue weighted by atomic mass is 35.5. The molecule has 0 aliphatic carbocycles. The van der Waals surface area contributed by atoms with E-state index in [9.17, 15) is 9.90 Å². The Hall–Kier alpha value is -2.17. The van der Waals surface area contributed by atoms with Crippen molar-refractivity contribution in [3.63, 3.8) is 0 Å². The largest absolute Gasteiger partial charge is 0.311 e. The van der Waals surface area contributed by atoms with E-state index in [0.29, 0.717) is 21.9 Å². The zero-order valence-electron chi connectivity index (χ0n) is 11.3. The predicted octanol–water partition coefficient (Wildman–Crippen LogP) is 3.62. The Balaban J connectivity index is 2.17. The van der Waals surface area contributed by atoms with Crippen LogP contribution in [0.5, 0.6) is 0 Å². The highest BCUT2D eigenvalue weighted by Gasteiger charge is 2.18. The Morgan fingerprint density at radius 2 is 2.05 bits per heavy atom. The van der Waals surface area contributed by atoms with E-state index in [1.807, 2.05) is 13.0 Å². The molecule has 21 heavy (non-hydrogen) atoms. The van der Waals surface area contributed by atoms with Gasteiger partial charge in [-0.3, -0.25) is 9.78 Å². The number of hydrogen-bond donors (Lipinski definition) is 0. The standard InChI is InChI=1S/C16H12ClN2O2/c1-10-4-5-18-13(6-10)16(21)15-8-11-7-12(17)2-3-14(11)19(15)9-20/h2-8H,9H2,1H3. The van der Waals surface area contributed by atoms with Gasteiger partial charge in [-0.15, -0.1) is 0 Å². The number of aryl methyl sites for hydroxylation is 1. The fraction of sp³-hybridized carbons (Fsp3) is 0.125. The van der Waals surface area contributed by atoms with Crippen molar-refractivity contribution < 1.29 is 9.90 Å². The third-order valence-corrected chi connectivity index (χ3v) is 3.61. The second-order valence-corrected chi connectivity index (χ2v) is 5.27. The number of carbonyl (C=O) groups is 1. The Bertz CT molecular complexity index is 839. The van der Waals surface area contributed by atoms with Gasteiger partial charge in [-0.2, -0.15) is 0 Å². The number of fused-ring (bicyclic) bond motifs is 1. The lowest BCUT2D eigenvalue weighted by Crippen LogP contribution is -2.11. The van der Waals surface area contributed by atoms with Crippen LogP contribution < -0.4 is 0 Å². The van der Waals surface area contributed by atoms with E-state index in [0.717, 1.165) is 10.9 Å². The molecule has 0 fully saturated rings. The summed E-state index contributed by atoms with van der Waals surface area (Å²) in [6.07, 6.45) is 1.59. The van der Waals surface area contributed by atoms with Crippen LogP contribution in [0.3, 0.4) is 0 Å². The van der Waals surface area contributed by atoms with Gasteiger partial charge >= 0.3 is 0 Å². The molecular formula is C16H12ClN2O2. The topological polar surface area (TPSA) is 54.8 Å². The van der Waals surface area contributed by atoms with E-state index >= 15 is 0 Å². The molecule has 4 nitrogen and oxygen atoms in total. The lowest BCUT2D eigenvalue weighted by Gasteiger charge is -2.05. The summed E-state index contributed by atoms with van der Waals surface area (Å²) in [7, 11) is 0. The summed E-state index contributed by atoms with van der Waals surface area (Å²) in [6, 6.07) is 10.4.